The topological polar surface area (TPSA) is 95.5 Å². The molecule has 0 radical (unpaired) electrons. The Labute approximate surface area is 108 Å². The summed E-state index contributed by atoms with van der Waals surface area (Å²) in [5, 5.41) is 8.95. The van der Waals surface area contributed by atoms with Gasteiger partial charge in [-0.05, 0) is 26.7 Å². The molecule has 0 aromatic heterocycles. The third kappa shape index (κ3) is 4.91. The van der Waals surface area contributed by atoms with Gasteiger partial charge in [0.1, 0.15) is 0 Å². The van der Waals surface area contributed by atoms with Crippen molar-refractivity contribution in [1.29, 1.82) is 0 Å². The lowest BCUT2D eigenvalue weighted by atomic mass is 9.80. The second-order valence-electron chi connectivity index (χ2n) is 5.29. The van der Waals surface area contributed by atoms with Crippen LogP contribution in [0.2, 0.25) is 0 Å². The van der Waals surface area contributed by atoms with E-state index in [-0.39, 0.29) is 12.5 Å². The van der Waals surface area contributed by atoms with Gasteiger partial charge in [0.2, 0.25) is 0 Å². The maximum Gasteiger partial charge on any atom is 0.305 e. The minimum absolute atomic E-state index is 0.161. The first-order valence-corrected chi connectivity index (χ1v) is 7.76. The van der Waals surface area contributed by atoms with E-state index in [0.717, 1.165) is 19.3 Å². The molecule has 1 aliphatic carbocycles. The molecule has 7 heteroatoms. The van der Waals surface area contributed by atoms with Gasteiger partial charge in [-0.1, -0.05) is 19.3 Å². The Morgan fingerprint density at radius 3 is 2.28 bits per heavy atom. The average Bonchev–Trinajstić information content (AvgIpc) is 2.13. The summed E-state index contributed by atoms with van der Waals surface area (Å²) in [4.78, 5) is 10.9. The molecule has 0 heterocycles. The molecule has 1 aliphatic rings. The second kappa shape index (κ2) is 5.99. The monoisotopic (exact) mass is 278 g/mol. The molecule has 0 spiro atoms. The van der Waals surface area contributed by atoms with E-state index in [4.69, 9.17) is 5.11 Å². The smallest absolute Gasteiger partial charge is 0.305 e. The average molecular weight is 278 g/mol. The maximum absolute atomic E-state index is 11.9. The van der Waals surface area contributed by atoms with Crippen LogP contribution in [0.1, 0.15) is 52.4 Å². The quantitative estimate of drug-likeness (QED) is 0.675. The molecule has 6 nitrogen and oxygen atoms in total. The third-order valence-electron chi connectivity index (χ3n) is 3.04. The number of hydrogen-bond donors (Lipinski definition) is 3. The van der Waals surface area contributed by atoms with Crippen molar-refractivity contribution in [3.63, 3.8) is 0 Å². The number of hydrogen-bond acceptors (Lipinski definition) is 3. The van der Waals surface area contributed by atoms with E-state index in [1.807, 2.05) is 0 Å². The van der Waals surface area contributed by atoms with E-state index in [1.54, 1.807) is 13.8 Å². The Kier molecular flexibility index (Phi) is 5.12. The minimum atomic E-state index is -3.65. The second-order valence-corrected chi connectivity index (χ2v) is 6.74. The molecular formula is C11H22N2O4S. The van der Waals surface area contributed by atoms with Crippen LogP contribution in [0.25, 0.3) is 0 Å². The fraction of sp³-hybridized carbons (Fsp3) is 0.909. The molecular weight excluding hydrogens is 256 g/mol. The Hall–Kier alpha value is -0.660. The number of carbonyl (C=O) groups is 1. The molecule has 0 amide bonds. The Morgan fingerprint density at radius 1 is 1.28 bits per heavy atom. The van der Waals surface area contributed by atoms with Crippen molar-refractivity contribution in [2.24, 2.45) is 0 Å². The summed E-state index contributed by atoms with van der Waals surface area (Å²) in [7, 11) is -3.65. The zero-order valence-corrected chi connectivity index (χ0v) is 11.7. The summed E-state index contributed by atoms with van der Waals surface area (Å²) in [6, 6.07) is -0.215. The van der Waals surface area contributed by atoms with Crippen LogP contribution in [0.4, 0.5) is 0 Å². The third-order valence-corrected chi connectivity index (χ3v) is 4.53. The van der Waals surface area contributed by atoms with Gasteiger partial charge < -0.3 is 5.11 Å². The van der Waals surface area contributed by atoms with Crippen LogP contribution in [-0.2, 0) is 15.0 Å². The van der Waals surface area contributed by atoms with Gasteiger partial charge in [0.25, 0.3) is 10.2 Å². The highest BCUT2D eigenvalue weighted by molar-refractivity contribution is 7.87. The van der Waals surface area contributed by atoms with Crippen LogP contribution in [0.15, 0.2) is 0 Å². The molecule has 106 valence electrons. The number of carboxylic acids is 1. The lowest BCUT2D eigenvalue weighted by Crippen LogP contribution is -2.55. The van der Waals surface area contributed by atoms with Crippen LogP contribution in [-0.4, -0.2) is 31.1 Å². The standard InChI is InChI=1S/C11H22N2O4S/c1-9(2)12-18(16,17)13-11(8-10(14)15)6-4-3-5-7-11/h9,12-13H,3-8H2,1-2H3,(H,14,15). The van der Waals surface area contributed by atoms with Gasteiger partial charge in [-0.15, -0.1) is 0 Å². The van der Waals surface area contributed by atoms with E-state index < -0.39 is 21.7 Å². The number of aliphatic carboxylic acids is 1. The van der Waals surface area contributed by atoms with Gasteiger partial charge >= 0.3 is 5.97 Å². The molecule has 1 rings (SSSR count). The van der Waals surface area contributed by atoms with Crippen molar-refractivity contribution in [2.75, 3.05) is 0 Å². The SMILES string of the molecule is CC(C)NS(=O)(=O)NC1(CC(=O)O)CCCCC1. The molecule has 0 unspecified atom stereocenters. The van der Waals surface area contributed by atoms with Crippen LogP contribution in [0, 0.1) is 0 Å². The molecule has 0 aliphatic heterocycles. The van der Waals surface area contributed by atoms with Gasteiger partial charge in [0.05, 0.1) is 6.42 Å². The van der Waals surface area contributed by atoms with Crippen molar-refractivity contribution in [3.05, 3.63) is 0 Å². The molecule has 0 bridgehead atoms. The van der Waals surface area contributed by atoms with Gasteiger partial charge in [-0.25, -0.2) is 0 Å². The largest absolute Gasteiger partial charge is 0.481 e. The summed E-state index contributed by atoms with van der Waals surface area (Å²) < 4.78 is 28.7. The van der Waals surface area contributed by atoms with Crippen LogP contribution >= 0.6 is 0 Å². The summed E-state index contributed by atoms with van der Waals surface area (Å²) >= 11 is 0. The van der Waals surface area contributed by atoms with Gasteiger partial charge in [-0.2, -0.15) is 17.9 Å². The van der Waals surface area contributed by atoms with E-state index in [9.17, 15) is 13.2 Å². The molecule has 0 atom stereocenters. The summed E-state index contributed by atoms with van der Waals surface area (Å²) in [6.45, 7) is 3.45. The first-order valence-electron chi connectivity index (χ1n) is 6.28. The van der Waals surface area contributed by atoms with Crippen LogP contribution in [0.3, 0.4) is 0 Å². The summed E-state index contributed by atoms with van der Waals surface area (Å²) in [5.74, 6) is -0.968. The van der Waals surface area contributed by atoms with E-state index in [2.05, 4.69) is 9.44 Å². The first kappa shape index (κ1) is 15.4. The van der Waals surface area contributed by atoms with Crippen LogP contribution < -0.4 is 9.44 Å². The van der Waals surface area contributed by atoms with E-state index in [0.29, 0.717) is 12.8 Å². The van der Waals surface area contributed by atoms with Gasteiger partial charge in [0.15, 0.2) is 0 Å². The summed E-state index contributed by atoms with van der Waals surface area (Å²) in [5.41, 5.74) is -0.829. The molecule has 18 heavy (non-hydrogen) atoms. The minimum Gasteiger partial charge on any atom is -0.481 e. The van der Waals surface area contributed by atoms with Crippen molar-refractivity contribution in [3.8, 4) is 0 Å². The molecule has 0 saturated heterocycles. The van der Waals surface area contributed by atoms with E-state index in [1.165, 1.54) is 0 Å². The predicted octanol–water partition coefficient (Wildman–Crippen LogP) is 0.996. The normalized spacial score (nSPS) is 19.9. The number of rotatable bonds is 6. The Balaban J connectivity index is 2.81. The highest BCUT2D eigenvalue weighted by Crippen LogP contribution is 2.31. The fourth-order valence-electron chi connectivity index (χ4n) is 2.46. The van der Waals surface area contributed by atoms with Crippen molar-refractivity contribution in [1.82, 2.24) is 9.44 Å². The van der Waals surface area contributed by atoms with Crippen molar-refractivity contribution < 1.29 is 18.3 Å². The lowest BCUT2D eigenvalue weighted by molar-refractivity contribution is -0.138. The molecule has 1 saturated carbocycles. The molecule has 3 N–H and O–H groups in total. The molecule has 0 aromatic rings. The Morgan fingerprint density at radius 2 is 1.83 bits per heavy atom. The van der Waals surface area contributed by atoms with E-state index >= 15 is 0 Å². The van der Waals surface area contributed by atoms with Crippen molar-refractivity contribution in [2.45, 2.75) is 64.0 Å². The molecule has 0 aromatic carbocycles. The fourth-order valence-corrected chi connectivity index (χ4v) is 3.98. The summed E-state index contributed by atoms with van der Waals surface area (Å²) in [6.07, 6.45) is 3.75. The van der Waals surface area contributed by atoms with Crippen molar-refractivity contribution >= 4 is 16.2 Å². The lowest BCUT2D eigenvalue weighted by Gasteiger charge is -2.36. The number of nitrogens with one attached hydrogen (secondary N) is 2. The number of carboxylic acid groups (broad SMARTS) is 1. The first-order chi connectivity index (χ1) is 8.25. The molecule has 1 fully saturated rings. The highest BCUT2D eigenvalue weighted by Gasteiger charge is 2.38. The van der Waals surface area contributed by atoms with Gasteiger partial charge in [-0.3, -0.25) is 4.79 Å². The predicted molar refractivity (Wildman–Crippen MR) is 68.4 cm³/mol. The zero-order chi connectivity index (χ0) is 13.8. The highest BCUT2D eigenvalue weighted by atomic mass is 32.2. The van der Waals surface area contributed by atoms with Gasteiger partial charge in [0, 0.05) is 11.6 Å². The maximum atomic E-state index is 11.9. The zero-order valence-electron chi connectivity index (χ0n) is 10.9. The Bertz CT molecular complexity index is 386. The van der Waals surface area contributed by atoms with Crippen LogP contribution in [0.5, 0.6) is 0 Å².